The molecule has 6 nitrogen and oxygen atoms in total. The number of fused-ring (bicyclic) bond motifs is 1. The molecule has 2 heterocycles. The van der Waals surface area contributed by atoms with Gasteiger partial charge in [-0.15, -0.1) is 0 Å². The second-order valence-electron chi connectivity index (χ2n) is 7.91. The van der Waals surface area contributed by atoms with Gasteiger partial charge in [-0.3, -0.25) is 14.2 Å². The van der Waals surface area contributed by atoms with Gasteiger partial charge in [-0.05, 0) is 55.5 Å². The SMILES string of the molecule is O=C(CCn1c(N2CCCCC2)nc2ccccc2c1=O)NCCc1ccc(Cl)cc1. The zero-order valence-electron chi connectivity index (χ0n) is 17.5. The molecule has 1 N–H and O–H groups in total. The third-order valence-corrected chi connectivity index (χ3v) is 5.94. The van der Waals surface area contributed by atoms with Crippen molar-refractivity contribution in [3.63, 3.8) is 0 Å². The lowest BCUT2D eigenvalue weighted by Gasteiger charge is -2.29. The lowest BCUT2D eigenvalue weighted by molar-refractivity contribution is -0.121. The van der Waals surface area contributed by atoms with Crippen LogP contribution in [-0.2, 0) is 17.8 Å². The number of carbonyl (C=O) groups excluding carboxylic acids is 1. The lowest BCUT2D eigenvalue weighted by Crippen LogP contribution is -2.37. The first-order chi connectivity index (χ1) is 15.1. The van der Waals surface area contributed by atoms with E-state index in [1.165, 1.54) is 6.42 Å². The molecule has 0 aliphatic carbocycles. The van der Waals surface area contributed by atoms with Gasteiger partial charge in [-0.1, -0.05) is 35.9 Å². The first-order valence-electron chi connectivity index (χ1n) is 10.9. The van der Waals surface area contributed by atoms with Crippen molar-refractivity contribution in [2.45, 2.75) is 38.6 Å². The highest BCUT2D eigenvalue weighted by molar-refractivity contribution is 6.30. The Bertz CT molecular complexity index is 1100. The number of nitrogens with zero attached hydrogens (tertiary/aromatic N) is 3. The van der Waals surface area contributed by atoms with Crippen LogP contribution in [-0.4, -0.2) is 35.1 Å². The van der Waals surface area contributed by atoms with E-state index in [1.54, 1.807) is 10.6 Å². The number of piperidine rings is 1. The Labute approximate surface area is 186 Å². The van der Waals surface area contributed by atoms with E-state index in [-0.39, 0.29) is 17.9 Å². The van der Waals surface area contributed by atoms with Gasteiger partial charge in [0, 0.05) is 37.6 Å². The molecule has 1 amide bonds. The van der Waals surface area contributed by atoms with Crippen molar-refractivity contribution in [2.24, 2.45) is 0 Å². The first-order valence-corrected chi connectivity index (χ1v) is 11.3. The number of halogens is 1. The average Bonchev–Trinajstić information content (AvgIpc) is 2.80. The van der Waals surface area contributed by atoms with Crippen LogP contribution in [0.5, 0.6) is 0 Å². The monoisotopic (exact) mass is 438 g/mol. The van der Waals surface area contributed by atoms with Crippen LogP contribution in [0.15, 0.2) is 53.3 Å². The highest BCUT2D eigenvalue weighted by Gasteiger charge is 2.19. The summed E-state index contributed by atoms with van der Waals surface area (Å²) >= 11 is 5.91. The van der Waals surface area contributed by atoms with E-state index in [4.69, 9.17) is 16.6 Å². The van der Waals surface area contributed by atoms with Crippen LogP contribution in [0.25, 0.3) is 10.9 Å². The molecule has 1 fully saturated rings. The molecule has 0 unspecified atom stereocenters. The molecule has 2 aromatic carbocycles. The zero-order valence-corrected chi connectivity index (χ0v) is 18.3. The molecule has 0 atom stereocenters. The van der Waals surface area contributed by atoms with Crippen LogP contribution in [0.4, 0.5) is 5.95 Å². The van der Waals surface area contributed by atoms with Crippen LogP contribution in [0.3, 0.4) is 0 Å². The molecule has 1 aliphatic heterocycles. The van der Waals surface area contributed by atoms with Crippen molar-refractivity contribution in [3.8, 4) is 0 Å². The fourth-order valence-electron chi connectivity index (χ4n) is 3.99. The zero-order chi connectivity index (χ0) is 21.6. The predicted octanol–water partition coefficient (Wildman–Crippen LogP) is 3.79. The van der Waals surface area contributed by atoms with Gasteiger partial charge in [-0.2, -0.15) is 0 Å². The molecule has 7 heteroatoms. The molecule has 1 saturated heterocycles. The fraction of sp³-hybridized carbons (Fsp3) is 0.375. The Hall–Kier alpha value is -2.86. The van der Waals surface area contributed by atoms with E-state index in [0.717, 1.165) is 37.9 Å². The molecule has 0 bridgehead atoms. The molecule has 31 heavy (non-hydrogen) atoms. The number of nitrogens with one attached hydrogen (secondary N) is 1. The summed E-state index contributed by atoms with van der Waals surface area (Å²) in [7, 11) is 0. The van der Waals surface area contributed by atoms with E-state index < -0.39 is 0 Å². The third kappa shape index (κ3) is 5.25. The molecule has 3 aromatic rings. The van der Waals surface area contributed by atoms with Gasteiger partial charge >= 0.3 is 0 Å². The van der Waals surface area contributed by atoms with Gasteiger partial charge in [0.05, 0.1) is 10.9 Å². The highest BCUT2D eigenvalue weighted by atomic mass is 35.5. The molecule has 1 aromatic heterocycles. The summed E-state index contributed by atoms with van der Waals surface area (Å²) < 4.78 is 1.67. The summed E-state index contributed by atoms with van der Waals surface area (Å²) in [6.45, 7) is 2.63. The maximum atomic E-state index is 13.2. The normalized spacial score (nSPS) is 14.0. The number of benzene rings is 2. The van der Waals surface area contributed by atoms with Crippen molar-refractivity contribution in [1.82, 2.24) is 14.9 Å². The minimum atomic E-state index is -0.0832. The van der Waals surface area contributed by atoms with Gasteiger partial charge in [0.25, 0.3) is 5.56 Å². The van der Waals surface area contributed by atoms with Crippen LogP contribution in [0.2, 0.25) is 5.02 Å². The van der Waals surface area contributed by atoms with Gasteiger partial charge in [0.2, 0.25) is 11.9 Å². The maximum Gasteiger partial charge on any atom is 0.262 e. The van der Waals surface area contributed by atoms with Crippen LogP contribution in [0.1, 0.15) is 31.2 Å². The molecule has 4 rings (SSSR count). The standard InChI is InChI=1S/C24H27ClN4O2/c25-19-10-8-18(9-11-19)12-14-26-22(30)13-17-29-23(31)20-6-2-3-7-21(20)27-24(29)28-15-4-1-5-16-28/h2-3,6-11H,1,4-5,12-17H2,(H,26,30). The average molecular weight is 439 g/mol. The maximum absolute atomic E-state index is 13.2. The number of anilines is 1. The summed E-state index contributed by atoms with van der Waals surface area (Å²) in [5.41, 5.74) is 1.74. The molecule has 0 saturated carbocycles. The molecule has 162 valence electrons. The van der Waals surface area contributed by atoms with Gasteiger partial charge < -0.3 is 10.2 Å². The van der Waals surface area contributed by atoms with Crippen molar-refractivity contribution in [1.29, 1.82) is 0 Å². The molecule has 0 spiro atoms. The smallest absolute Gasteiger partial charge is 0.262 e. The number of hydrogen-bond acceptors (Lipinski definition) is 4. The Kier molecular flexibility index (Phi) is 6.87. The predicted molar refractivity (Wildman–Crippen MR) is 125 cm³/mol. The van der Waals surface area contributed by atoms with Gasteiger partial charge in [-0.25, -0.2) is 4.98 Å². The topological polar surface area (TPSA) is 67.2 Å². The number of rotatable bonds is 7. The Morgan fingerprint density at radius 3 is 2.55 bits per heavy atom. The van der Waals surface area contributed by atoms with E-state index in [1.807, 2.05) is 42.5 Å². The van der Waals surface area contributed by atoms with E-state index in [2.05, 4.69) is 10.2 Å². The van der Waals surface area contributed by atoms with Crippen molar-refractivity contribution in [2.75, 3.05) is 24.5 Å². The summed E-state index contributed by atoms with van der Waals surface area (Å²) in [5.74, 6) is 0.607. The number of carbonyl (C=O) groups is 1. The van der Waals surface area contributed by atoms with Gasteiger partial charge in [0.15, 0.2) is 0 Å². The Morgan fingerprint density at radius 1 is 1.03 bits per heavy atom. The third-order valence-electron chi connectivity index (χ3n) is 5.69. The molecule has 1 aliphatic rings. The van der Waals surface area contributed by atoms with Crippen molar-refractivity contribution >= 4 is 34.4 Å². The minimum Gasteiger partial charge on any atom is -0.356 e. The number of hydrogen-bond donors (Lipinski definition) is 1. The lowest BCUT2D eigenvalue weighted by atomic mass is 10.1. The first kappa shape index (κ1) is 21.4. The fourth-order valence-corrected chi connectivity index (χ4v) is 4.12. The minimum absolute atomic E-state index is 0.0707. The summed E-state index contributed by atoms with van der Waals surface area (Å²) in [4.78, 5) is 32.6. The van der Waals surface area contributed by atoms with Crippen LogP contribution < -0.4 is 15.8 Å². The second kappa shape index (κ2) is 9.96. The highest BCUT2D eigenvalue weighted by Crippen LogP contribution is 2.20. The van der Waals surface area contributed by atoms with Crippen molar-refractivity contribution in [3.05, 3.63) is 69.5 Å². The number of para-hydroxylation sites is 1. The van der Waals surface area contributed by atoms with Gasteiger partial charge in [0.1, 0.15) is 0 Å². The Morgan fingerprint density at radius 2 is 1.77 bits per heavy atom. The number of aromatic nitrogens is 2. The number of amides is 1. The molecular formula is C24H27ClN4O2. The molecule has 0 radical (unpaired) electrons. The summed E-state index contributed by atoms with van der Waals surface area (Å²) in [5, 5.41) is 4.24. The Balaban J connectivity index is 1.45. The van der Waals surface area contributed by atoms with Crippen LogP contribution >= 0.6 is 11.6 Å². The summed E-state index contributed by atoms with van der Waals surface area (Å²) in [6.07, 6.45) is 4.35. The van der Waals surface area contributed by atoms with E-state index >= 15 is 0 Å². The van der Waals surface area contributed by atoms with E-state index in [9.17, 15) is 9.59 Å². The summed E-state index contributed by atoms with van der Waals surface area (Å²) in [6, 6.07) is 15.0. The van der Waals surface area contributed by atoms with E-state index in [0.29, 0.717) is 35.0 Å². The quantitative estimate of drug-likeness (QED) is 0.609. The molecular weight excluding hydrogens is 412 g/mol. The van der Waals surface area contributed by atoms with Crippen molar-refractivity contribution < 1.29 is 4.79 Å². The largest absolute Gasteiger partial charge is 0.356 e. The van der Waals surface area contributed by atoms with Crippen LogP contribution in [0, 0.1) is 0 Å². The second-order valence-corrected chi connectivity index (χ2v) is 8.35.